The summed E-state index contributed by atoms with van der Waals surface area (Å²) in [5.74, 6) is 1.03. The molecule has 8 heteroatoms. The summed E-state index contributed by atoms with van der Waals surface area (Å²) in [6, 6.07) is 9.35. The number of carbonyl (C=O) groups is 1. The van der Waals surface area contributed by atoms with Gasteiger partial charge in [-0.05, 0) is 89.6 Å². The van der Waals surface area contributed by atoms with Gasteiger partial charge in [-0.15, -0.1) is 0 Å². The summed E-state index contributed by atoms with van der Waals surface area (Å²) < 4.78 is 12.9. The first kappa shape index (κ1) is 22.2. The third-order valence-corrected chi connectivity index (χ3v) is 5.72. The Morgan fingerprint density at radius 2 is 1.67 bits per heavy atom. The summed E-state index contributed by atoms with van der Waals surface area (Å²) in [7, 11) is 3.19. The van der Waals surface area contributed by atoms with E-state index in [9.17, 15) is 9.90 Å². The minimum Gasteiger partial charge on any atom is -0.496 e. The molecule has 0 aliphatic carbocycles. The predicted octanol–water partition coefficient (Wildman–Crippen LogP) is 4.25. The van der Waals surface area contributed by atoms with E-state index in [0.717, 1.165) is 30.3 Å². The molecule has 5 nitrogen and oxygen atoms in total. The van der Waals surface area contributed by atoms with Crippen LogP contribution in [-0.2, 0) is 17.6 Å². The third-order valence-electron chi connectivity index (χ3n) is 3.92. The van der Waals surface area contributed by atoms with Gasteiger partial charge in [-0.25, -0.2) is 0 Å². The van der Waals surface area contributed by atoms with E-state index >= 15 is 0 Å². The lowest BCUT2D eigenvalue weighted by Gasteiger charge is -2.13. The molecule has 0 heterocycles. The number of hydrogen-bond donors (Lipinski definition) is 2. The van der Waals surface area contributed by atoms with E-state index < -0.39 is 12.0 Å². The molecular weight excluding hydrogens is 546 g/mol. The zero-order valence-electron chi connectivity index (χ0n) is 14.9. The molecule has 2 N–H and O–H groups in total. The van der Waals surface area contributed by atoms with Crippen LogP contribution in [0.2, 0.25) is 0 Å². The topological polar surface area (TPSA) is 67.8 Å². The molecule has 0 saturated heterocycles. The zero-order chi connectivity index (χ0) is 20.0. The first-order valence-corrected chi connectivity index (χ1v) is 10.5. The lowest BCUT2D eigenvalue weighted by atomic mass is 10.1. The summed E-state index contributed by atoms with van der Waals surface area (Å²) in [6.45, 7) is 0.424. The number of rotatable bonds is 8. The molecule has 1 amide bonds. The van der Waals surface area contributed by atoms with Crippen molar-refractivity contribution in [2.45, 2.75) is 18.9 Å². The number of aliphatic hydroxyl groups excluding tert-OH is 1. The molecule has 0 fully saturated rings. The fraction of sp³-hybridized carbons (Fsp3) is 0.316. The molecular formula is C19H20Br3NO4. The molecule has 1 unspecified atom stereocenters. The highest BCUT2D eigenvalue weighted by molar-refractivity contribution is 9.11. The molecule has 0 spiro atoms. The molecule has 2 aromatic carbocycles. The highest BCUT2D eigenvalue weighted by Crippen LogP contribution is 2.34. The maximum atomic E-state index is 12.1. The Morgan fingerprint density at radius 1 is 1.04 bits per heavy atom. The number of halogens is 3. The molecule has 146 valence electrons. The third kappa shape index (κ3) is 6.20. The largest absolute Gasteiger partial charge is 0.496 e. The minimum absolute atomic E-state index is 0.230. The lowest BCUT2D eigenvalue weighted by Crippen LogP contribution is -2.37. The maximum absolute atomic E-state index is 12.1. The van der Waals surface area contributed by atoms with Crippen molar-refractivity contribution in [3.63, 3.8) is 0 Å². The van der Waals surface area contributed by atoms with Gasteiger partial charge in [0.2, 0.25) is 5.91 Å². The van der Waals surface area contributed by atoms with Gasteiger partial charge in [-0.1, -0.05) is 6.07 Å². The molecule has 0 aromatic heterocycles. The maximum Gasteiger partial charge on any atom is 0.249 e. The van der Waals surface area contributed by atoms with Crippen LogP contribution in [0.5, 0.6) is 11.5 Å². The zero-order valence-corrected chi connectivity index (χ0v) is 19.6. The number of aliphatic hydroxyl groups is 1. The van der Waals surface area contributed by atoms with Crippen LogP contribution in [0.3, 0.4) is 0 Å². The van der Waals surface area contributed by atoms with Crippen molar-refractivity contribution in [2.24, 2.45) is 0 Å². The number of hydrogen-bond acceptors (Lipinski definition) is 4. The first-order valence-electron chi connectivity index (χ1n) is 8.15. The molecule has 0 radical (unpaired) electrons. The molecule has 2 aromatic rings. The smallest absolute Gasteiger partial charge is 0.249 e. The van der Waals surface area contributed by atoms with Crippen LogP contribution in [0, 0.1) is 0 Å². The van der Waals surface area contributed by atoms with E-state index in [1.165, 1.54) is 0 Å². The lowest BCUT2D eigenvalue weighted by molar-refractivity contribution is -0.129. The summed E-state index contributed by atoms with van der Waals surface area (Å²) >= 11 is 10.3. The van der Waals surface area contributed by atoms with Crippen molar-refractivity contribution in [3.05, 3.63) is 54.9 Å². The van der Waals surface area contributed by atoms with Crippen LogP contribution >= 0.6 is 47.8 Å². The monoisotopic (exact) mass is 563 g/mol. The highest BCUT2D eigenvalue weighted by atomic mass is 79.9. The van der Waals surface area contributed by atoms with Gasteiger partial charge in [0, 0.05) is 13.0 Å². The van der Waals surface area contributed by atoms with Crippen molar-refractivity contribution in [1.82, 2.24) is 5.32 Å². The Balaban J connectivity index is 1.87. The van der Waals surface area contributed by atoms with Crippen LogP contribution in [0.25, 0.3) is 0 Å². The van der Waals surface area contributed by atoms with E-state index in [4.69, 9.17) is 9.47 Å². The van der Waals surface area contributed by atoms with Gasteiger partial charge >= 0.3 is 0 Å². The van der Waals surface area contributed by atoms with Crippen molar-refractivity contribution in [2.75, 3.05) is 20.8 Å². The number of methoxy groups -OCH3 is 2. The summed E-state index contributed by atoms with van der Waals surface area (Å²) in [6.07, 6.45) is -0.249. The Morgan fingerprint density at radius 3 is 2.22 bits per heavy atom. The van der Waals surface area contributed by atoms with Crippen molar-refractivity contribution in [3.8, 4) is 11.5 Å². The van der Waals surface area contributed by atoms with Crippen LogP contribution in [-0.4, -0.2) is 37.9 Å². The van der Waals surface area contributed by atoms with Gasteiger partial charge in [0.15, 0.2) is 0 Å². The Bertz CT molecular complexity index is 791. The van der Waals surface area contributed by atoms with Crippen LogP contribution < -0.4 is 14.8 Å². The molecule has 1 atom stereocenters. The molecule has 0 bridgehead atoms. The average Bonchev–Trinajstić information content (AvgIpc) is 2.61. The van der Waals surface area contributed by atoms with E-state index in [-0.39, 0.29) is 6.42 Å². The number of ether oxygens (including phenoxy) is 2. The fourth-order valence-electron chi connectivity index (χ4n) is 2.55. The van der Waals surface area contributed by atoms with E-state index in [1.54, 1.807) is 20.3 Å². The average molecular weight is 566 g/mol. The Hall–Kier alpha value is -1.09. The molecule has 27 heavy (non-hydrogen) atoms. The second-order valence-corrected chi connectivity index (χ2v) is 8.39. The van der Waals surface area contributed by atoms with Crippen molar-refractivity contribution >= 4 is 53.7 Å². The molecule has 0 saturated carbocycles. The Kier molecular flexibility index (Phi) is 8.60. The van der Waals surface area contributed by atoms with E-state index in [2.05, 4.69) is 53.1 Å². The number of benzene rings is 2. The standard InChI is InChI=1S/C19H20Br3NO4/c1-26-17-4-3-11(7-13(17)20)10-16(24)19(25)23-6-5-12-8-14(21)18(27-2)15(22)9-12/h3-4,7-9,16,24H,5-6,10H2,1-2H3,(H,23,25). The Labute approximate surface area is 183 Å². The first-order chi connectivity index (χ1) is 12.8. The van der Waals surface area contributed by atoms with Crippen molar-refractivity contribution < 1.29 is 19.4 Å². The van der Waals surface area contributed by atoms with Crippen LogP contribution in [0.4, 0.5) is 0 Å². The SMILES string of the molecule is COc1ccc(CC(O)C(=O)NCCc2cc(Br)c(OC)c(Br)c2)cc1Br. The number of carbonyl (C=O) groups excluding carboxylic acids is 1. The van der Waals surface area contributed by atoms with Crippen LogP contribution in [0.1, 0.15) is 11.1 Å². The van der Waals surface area contributed by atoms with Gasteiger partial charge in [-0.3, -0.25) is 4.79 Å². The predicted molar refractivity (Wildman–Crippen MR) is 116 cm³/mol. The minimum atomic E-state index is -1.11. The highest BCUT2D eigenvalue weighted by Gasteiger charge is 2.16. The van der Waals surface area contributed by atoms with Gasteiger partial charge in [0.25, 0.3) is 0 Å². The van der Waals surface area contributed by atoms with Gasteiger partial charge in [0.1, 0.15) is 17.6 Å². The fourth-order valence-corrected chi connectivity index (χ4v) is 4.75. The van der Waals surface area contributed by atoms with E-state index in [0.29, 0.717) is 18.7 Å². The quantitative estimate of drug-likeness (QED) is 0.502. The summed E-state index contributed by atoms with van der Waals surface area (Å²) in [5.41, 5.74) is 1.87. The van der Waals surface area contributed by atoms with Crippen molar-refractivity contribution in [1.29, 1.82) is 0 Å². The summed E-state index contributed by atoms with van der Waals surface area (Å²) in [4.78, 5) is 12.1. The molecule has 0 aliphatic heterocycles. The van der Waals surface area contributed by atoms with Gasteiger partial charge in [-0.2, -0.15) is 0 Å². The van der Waals surface area contributed by atoms with E-state index in [1.807, 2.05) is 24.3 Å². The number of nitrogens with one attached hydrogen (secondary N) is 1. The normalized spacial score (nSPS) is 11.8. The second-order valence-electron chi connectivity index (χ2n) is 5.82. The van der Waals surface area contributed by atoms with Gasteiger partial charge < -0.3 is 19.9 Å². The van der Waals surface area contributed by atoms with Crippen LogP contribution in [0.15, 0.2) is 43.7 Å². The van der Waals surface area contributed by atoms with Gasteiger partial charge in [0.05, 0.1) is 27.6 Å². The number of amides is 1. The second kappa shape index (κ2) is 10.5. The molecule has 2 rings (SSSR count). The molecule has 0 aliphatic rings. The summed E-state index contributed by atoms with van der Waals surface area (Å²) in [5, 5.41) is 12.9.